The predicted molar refractivity (Wildman–Crippen MR) is 130 cm³/mol. The lowest BCUT2D eigenvalue weighted by atomic mass is 9.97. The summed E-state index contributed by atoms with van der Waals surface area (Å²) < 4.78 is 0. The number of hydrogen-bond donors (Lipinski definition) is 1. The second-order valence-corrected chi connectivity index (χ2v) is 9.19. The van der Waals surface area contributed by atoms with Crippen molar-refractivity contribution in [3.05, 3.63) is 34.0 Å². The highest BCUT2D eigenvalue weighted by atomic mass is 127. The van der Waals surface area contributed by atoms with Gasteiger partial charge in [-0.1, -0.05) is 6.07 Å². The van der Waals surface area contributed by atoms with Gasteiger partial charge in [0.1, 0.15) is 0 Å². The van der Waals surface area contributed by atoms with E-state index < -0.39 is 0 Å². The van der Waals surface area contributed by atoms with Crippen LogP contribution in [-0.2, 0) is 6.54 Å². The minimum atomic E-state index is 0. The van der Waals surface area contributed by atoms with E-state index in [4.69, 9.17) is 10.7 Å². The van der Waals surface area contributed by atoms with Crippen molar-refractivity contribution in [2.45, 2.75) is 19.4 Å². The average Bonchev–Trinajstić information content (AvgIpc) is 3.42. The van der Waals surface area contributed by atoms with Crippen molar-refractivity contribution >= 4 is 57.7 Å². The lowest BCUT2D eigenvalue weighted by Crippen LogP contribution is -2.51. The normalized spacial score (nSPS) is 19.6. The molecule has 2 fully saturated rings. The first-order valence-electron chi connectivity index (χ1n) is 9.72. The molecule has 6 nitrogen and oxygen atoms in total. The SMILES string of the molecule is I.NC(=NCC1CCN(Cc2cccs2)CC1)N1CCN(c2nccs2)CC1. The molecule has 0 aromatic carbocycles. The number of likely N-dealkylation sites (tertiary alicyclic amines) is 1. The summed E-state index contributed by atoms with van der Waals surface area (Å²) in [5.74, 6) is 1.38. The van der Waals surface area contributed by atoms with Crippen molar-refractivity contribution in [1.82, 2.24) is 14.8 Å². The summed E-state index contributed by atoms with van der Waals surface area (Å²) in [5, 5.41) is 5.30. The third-order valence-corrected chi connectivity index (χ3v) is 7.17. The fourth-order valence-corrected chi connectivity index (χ4v) is 5.21. The molecule has 2 aromatic heterocycles. The summed E-state index contributed by atoms with van der Waals surface area (Å²) >= 11 is 3.55. The van der Waals surface area contributed by atoms with Gasteiger partial charge >= 0.3 is 0 Å². The summed E-state index contributed by atoms with van der Waals surface area (Å²) in [6.07, 6.45) is 4.31. The number of thiophene rings is 1. The molecule has 4 heterocycles. The Morgan fingerprint density at radius 1 is 1.11 bits per heavy atom. The van der Waals surface area contributed by atoms with Crippen molar-refractivity contribution in [2.75, 3.05) is 50.7 Å². The number of hydrogen-bond acceptors (Lipinski definition) is 6. The number of piperidine rings is 1. The van der Waals surface area contributed by atoms with Crippen LogP contribution in [0.4, 0.5) is 5.13 Å². The quantitative estimate of drug-likeness (QED) is 0.364. The standard InChI is InChI=1S/C19H28N6S2.HI/c20-18(24-8-10-25(11-9-24)19-21-5-13-27-19)22-14-16-3-6-23(7-4-16)15-17-2-1-12-26-17;/h1-2,5,12-13,16H,3-4,6-11,14-15H2,(H2,20,22);1H. The molecule has 0 atom stereocenters. The Kier molecular flexibility index (Phi) is 8.36. The molecule has 2 N–H and O–H groups in total. The van der Waals surface area contributed by atoms with E-state index in [0.717, 1.165) is 50.4 Å². The first kappa shape index (κ1) is 21.8. The number of aromatic nitrogens is 1. The summed E-state index contributed by atoms with van der Waals surface area (Å²) in [7, 11) is 0. The smallest absolute Gasteiger partial charge is 0.191 e. The van der Waals surface area contributed by atoms with E-state index in [2.05, 4.69) is 37.2 Å². The minimum absolute atomic E-state index is 0. The Hall–Kier alpha value is -0.910. The van der Waals surface area contributed by atoms with Gasteiger partial charge in [0.25, 0.3) is 0 Å². The Morgan fingerprint density at radius 3 is 2.54 bits per heavy atom. The van der Waals surface area contributed by atoms with Gasteiger partial charge in [0.15, 0.2) is 11.1 Å². The zero-order chi connectivity index (χ0) is 18.5. The van der Waals surface area contributed by atoms with Crippen molar-refractivity contribution in [3.8, 4) is 0 Å². The molecule has 0 bridgehead atoms. The van der Waals surface area contributed by atoms with E-state index in [1.807, 2.05) is 22.9 Å². The van der Waals surface area contributed by atoms with Crippen LogP contribution < -0.4 is 10.6 Å². The van der Waals surface area contributed by atoms with Gasteiger partial charge in [-0.2, -0.15) is 0 Å². The molecule has 0 radical (unpaired) electrons. The maximum absolute atomic E-state index is 6.28. The van der Waals surface area contributed by atoms with Gasteiger partial charge in [0.05, 0.1) is 0 Å². The molecule has 4 rings (SSSR count). The number of guanidine groups is 1. The van der Waals surface area contributed by atoms with Crippen LogP contribution >= 0.6 is 46.7 Å². The highest BCUT2D eigenvalue weighted by molar-refractivity contribution is 14.0. The van der Waals surface area contributed by atoms with Crippen LogP contribution in [0.15, 0.2) is 34.1 Å². The summed E-state index contributed by atoms with van der Waals surface area (Å²) in [5.41, 5.74) is 6.28. The van der Waals surface area contributed by atoms with Crippen molar-refractivity contribution in [3.63, 3.8) is 0 Å². The highest BCUT2D eigenvalue weighted by Gasteiger charge is 2.22. The van der Waals surface area contributed by atoms with E-state index in [1.165, 1.54) is 30.8 Å². The number of nitrogens with zero attached hydrogens (tertiary/aromatic N) is 5. The molecule has 0 unspecified atom stereocenters. The summed E-state index contributed by atoms with van der Waals surface area (Å²) in [6, 6.07) is 4.37. The second kappa shape index (κ2) is 10.7. The Bertz CT molecular complexity index is 705. The van der Waals surface area contributed by atoms with Gasteiger partial charge in [-0.3, -0.25) is 9.89 Å². The number of nitrogens with two attached hydrogens (primary N) is 1. The molecule has 2 saturated heterocycles. The van der Waals surface area contributed by atoms with E-state index in [0.29, 0.717) is 5.92 Å². The molecule has 2 aliphatic rings. The molecule has 0 aliphatic carbocycles. The number of halogens is 1. The molecule has 0 spiro atoms. The van der Waals surface area contributed by atoms with Crippen LogP contribution in [0.3, 0.4) is 0 Å². The summed E-state index contributed by atoms with van der Waals surface area (Å²) in [6.45, 7) is 8.08. The van der Waals surface area contributed by atoms with Gasteiger partial charge in [-0.15, -0.1) is 46.7 Å². The highest BCUT2D eigenvalue weighted by Crippen LogP contribution is 2.21. The predicted octanol–water partition coefficient (Wildman–Crippen LogP) is 3.17. The van der Waals surface area contributed by atoms with Crippen molar-refractivity contribution in [1.29, 1.82) is 0 Å². The lowest BCUT2D eigenvalue weighted by molar-refractivity contribution is 0.182. The van der Waals surface area contributed by atoms with Gasteiger partial charge in [-0.05, 0) is 43.3 Å². The van der Waals surface area contributed by atoms with Gasteiger partial charge in [0.2, 0.25) is 0 Å². The van der Waals surface area contributed by atoms with Crippen molar-refractivity contribution < 1.29 is 0 Å². The Labute approximate surface area is 192 Å². The first-order chi connectivity index (χ1) is 13.3. The largest absolute Gasteiger partial charge is 0.370 e. The fraction of sp³-hybridized carbons (Fsp3) is 0.579. The van der Waals surface area contributed by atoms with Gasteiger partial charge in [-0.25, -0.2) is 4.98 Å². The molecular weight excluding hydrogens is 503 g/mol. The lowest BCUT2D eigenvalue weighted by Gasteiger charge is -2.35. The number of anilines is 1. The third-order valence-electron chi connectivity index (χ3n) is 5.47. The fourth-order valence-electron chi connectivity index (χ4n) is 3.77. The van der Waals surface area contributed by atoms with Crippen LogP contribution in [0.2, 0.25) is 0 Å². The topological polar surface area (TPSA) is 61.0 Å². The monoisotopic (exact) mass is 532 g/mol. The maximum atomic E-state index is 6.28. The molecule has 2 aliphatic heterocycles. The number of thiazole rings is 1. The van der Waals surface area contributed by atoms with E-state index in [9.17, 15) is 0 Å². The van der Waals surface area contributed by atoms with Crippen LogP contribution in [0.25, 0.3) is 0 Å². The maximum Gasteiger partial charge on any atom is 0.191 e. The van der Waals surface area contributed by atoms with Crippen LogP contribution in [0, 0.1) is 5.92 Å². The minimum Gasteiger partial charge on any atom is -0.370 e. The molecule has 9 heteroatoms. The third kappa shape index (κ3) is 5.80. The van der Waals surface area contributed by atoms with E-state index >= 15 is 0 Å². The number of piperazine rings is 1. The zero-order valence-corrected chi connectivity index (χ0v) is 20.0. The van der Waals surface area contributed by atoms with Gasteiger partial charge < -0.3 is 15.5 Å². The second-order valence-electron chi connectivity index (χ2n) is 7.29. The van der Waals surface area contributed by atoms with E-state index in [1.54, 1.807) is 11.3 Å². The number of aliphatic imine (C=N–C) groups is 1. The molecule has 0 amide bonds. The Morgan fingerprint density at radius 2 is 1.89 bits per heavy atom. The average molecular weight is 533 g/mol. The molecule has 2 aromatic rings. The molecule has 28 heavy (non-hydrogen) atoms. The molecular formula is C19H29IN6S2. The Balaban J connectivity index is 0.00000225. The number of rotatable bonds is 5. The summed E-state index contributed by atoms with van der Waals surface area (Å²) in [4.78, 5) is 17.7. The first-order valence-corrected chi connectivity index (χ1v) is 11.5. The van der Waals surface area contributed by atoms with Gasteiger partial charge in [0, 0.05) is 55.7 Å². The molecule has 154 valence electrons. The van der Waals surface area contributed by atoms with Crippen LogP contribution in [-0.4, -0.2) is 66.6 Å². The van der Waals surface area contributed by atoms with Crippen molar-refractivity contribution in [2.24, 2.45) is 16.6 Å². The molecule has 0 saturated carbocycles. The van der Waals surface area contributed by atoms with Crippen LogP contribution in [0.1, 0.15) is 17.7 Å². The zero-order valence-electron chi connectivity index (χ0n) is 16.1. The van der Waals surface area contributed by atoms with E-state index in [-0.39, 0.29) is 24.0 Å². The van der Waals surface area contributed by atoms with Crippen LogP contribution in [0.5, 0.6) is 0 Å².